The first-order valence-electron chi connectivity index (χ1n) is 13.6. The summed E-state index contributed by atoms with van der Waals surface area (Å²) in [5.74, 6) is 0.593. The van der Waals surface area contributed by atoms with Crippen LogP contribution in [0, 0.1) is 0 Å². The van der Waals surface area contributed by atoms with Crippen LogP contribution in [-0.2, 0) is 24.6 Å². The Morgan fingerprint density at radius 3 is 1.95 bits per heavy atom. The van der Waals surface area contributed by atoms with Crippen molar-refractivity contribution in [3.05, 3.63) is 129 Å². The molecule has 2 N–H and O–H groups in total. The minimum Gasteiger partial charge on any atom is -0.497 e. The highest BCUT2D eigenvalue weighted by Crippen LogP contribution is 2.43. The molecule has 4 atom stereocenters. The van der Waals surface area contributed by atoms with Crippen molar-refractivity contribution in [2.45, 2.75) is 37.1 Å². The highest BCUT2D eigenvalue weighted by Gasteiger charge is 2.49. The van der Waals surface area contributed by atoms with E-state index in [0.717, 1.165) is 27.3 Å². The van der Waals surface area contributed by atoms with Crippen molar-refractivity contribution >= 4 is 5.97 Å². The number of ether oxygens (including phenoxy) is 5. The molecule has 2 heterocycles. The predicted molar refractivity (Wildman–Crippen MR) is 155 cm³/mol. The second kappa shape index (κ2) is 12.7. The Morgan fingerprint density at radius 1 is 0.884 bits per heavy atom. The van der Waals surface area contributed by atoms with E-state index < -0.39 is 47.4 Å². The lowest BCUT2D eigenvalue weighted by Crippen LogP contribution is -2.44. The van der Waals surface area contributed by atoms with Gasteiger partial charge in [-0.3, -0.25) is 9.59 Å². The summed E-state index contributed by atoms with van der Waals surface area (Å²) in [7, 11) is 3.16. The van der Waals surface area contributed by atoms with Crippen LogP contribution in [-0.4, -0.2) is 59.8 Å². The number of aliphatic hydroxyl groups is 1. The minimum absolute atomic E-state index is 0.220. The molecule has 0 radical (unpaired) electrons. The lowest BCUT2D eigenvalue weighted by Gasteiger charge is -2.37. The van der Waals surface area contributed by atoms with E-state index in [-0.39, 0.29) is 6.61 Å². The smallest absolute Gasteiger partial charge is 0.330 e. The number of esters is 1. The van der Waals surface area contributed by atoms with Crippen molar-refractivity contribution < 1.29 is 33.6 Å². The highest BCUT2D eigenvalue weighted by atomic mass is 16.6. The lowest BCUT2D eigenvalue weighted by molar-refractivity contribution is -0.156. The number of H-pyrrole nitrogens is 1. The number of aliphatic hydroxyl groups excluding tert-OH is 1. The molecule has 1 aromatic heterocycles. The Kier molecular flexibility index (Phi) is 8.76. The Hall–Kier alpha value is -4.71. The third-order valence-corrected chi connectivity index (χ3v) is 7.40. The molecule has 0 saturated carbocycles. The molecule has 11 nitrogen and oxygen atoms in total. The van der Waals surface area contributed by atoms with Crippen molar-refractivity contribution in [2.75, 3.05) is 20.8 Å². The molecular weight excluding hydrogens is 556 g/mol. The molecule has 1 aliphatic rings. The summed E-state index contributed by atoms with van der Waals surface area (Å²) in [5, 5.41) is 11.3. The first kappa shape index (κ1) is 29.8. The predicted octanol–water partition coefficient (Wildman–Crippen LogP) is 2.75. The second-order valence-electron chi connectivity index (χ2n) is 9.94. The van der Waals surface area contributed by atoms with Gasteiger partial charge in [-0.25, -0.2) is 9.36 Å². The van der Waals surface area contributed by atoms with E-state index in [9.17, 15) is 19.5 Å². The maximum absolute atomic E-state index is 12.6. The van der Waals surface area contributed by atoms with Crippen LogP contribution in [0.25, 0.3) is 0 Å². The van der Waals surface area contributed by atoms with Gasteiger partial charge in [-0.15, -0.1) is 0 Å². The summed E-state index contributed by atoms with van der Waals surface area (Å²) in [6.07, 6.45) is -4.06. The van der Waals surface area contributed by atoms with Crippen LogP contribution in [0.4, 0.5) is 0 Å². The third-order valence-electron chi connectivity index (χ3n) is 7.40. The van der Waals surface area contributed by atoms with Crippen LogP contribution >= 0.6 is 0 Å². The maximum atomic E-state index is 12.6. The SMILES string of the molecule is COc1ccc(C(OC[C@H]2O[C@@H](n3c(=O)cc[nH]c3=O)[C@H](OC(C)=O)C2O)(c2ccccc2)c2ccc(OC)cc2)cc1. The first-order chi connectivity index (χ1) is 20.8. The topological polar surface area (TPSA) is 138 Å². The van der Waals surface area contributed by atoms with Crippen molar-refractivity contribution in [2.24, 2.45) is 0 Å². The van der Waals surface area contributed by atoms with Gasteiger partial charge in [0.1, 0.15) is 29.3 Å². The molecule has 3 aromatic carbocycles. The molecule has 4 aromatic rings. The first-order valence-corrected chi connectivity index (χ1v) is 13.6. The Balaban J connectivity index is 1.59. The number of rotatable bonds is 10. The maximum Gasteiger partial charge on any atom is 0.330 e. The van der Waals surface area contributed by atoms with Gasteiger partial charge in [-0.1, -0.05) is 54.6 Å². The van der Waals surface area contributed by atoms with E-state index in [4.69, 9.17) is 23.7 Å². The fourth-order valence-corrected chi connectivity index (χ4v) is 5.34. The van der Waals surface area contributed by atoms with Crippen LogP contribution in [0.2, 0.25) is 0 Å². The standard InChI is InChI=1S/C32H32N2O9/c1-20(35)42-29-28(37)26(43-30(29)34-27(36)17-18-33-31(34)38)19-41-32(21-7-5-4-6-8-21,22-9-13-24(39-2)14-10-22)23-11-15-25(40-3)16-12-23/h4-18,26,28-30,37H,19H2,1-3H3,(H,33,38)/t26-,28?,29-,30-/m1/s1. The van der Waals surface area contributed by atoms with Crippen molar-refractivity contribution in [1.82, 2.24) is 9.55 Å². The second-order valence-corrected chi connectivity index (χ2v) is 9.94. The normalized spacial score (nSPS) is 20.0. The number of aromatic amines is 1. The molecule has 0 spiro atoms. The fraction of sp³-hybridized carbons (Fsp3) is 0.281. The van der Waals surface area contributed by atoms with Crippen molar-refractivity contribution in [1.29, 1.82) is 0 Å². The quantitative estimate of drug-likeness (QED) is 0.212. The van der Waals surface area contributed by atoms with Gasteiger partial charge >= 0.3 is 11.7 Å². The molecule has 1 saturated heterocycles. The highest BCUT2D eigenvalue weighted by molar-refractivity contribution is 5.66. The molecule has 1 unspecified atom stereocenters. The van der Waals surface area contributed by atoms with Crippen LogP contribution in [0.15, 0.2) is 101 Å². The van der Waals surface area contributed by atoms with Gasteiger partial charge in [0.15, 0.2) is 12.3 Å². The molecule has 224 valence electrons. The molecule has 1 aliphatic heterocycles. The number of carbonyl (C=O) groups is 1. The number of benzene rings is 3. The summed E-state index contributed by atoms with van der Waals surface area (Å²) >= 11 is 0. The van der Waals surface area contributed by atoms with Gasteiger partial charge in [0.2, 0.25) is 0 Å². The number of hydrogen-bond acceptors (Lipinski definition) is 9. The largest absolute Gasteiger partial charge is 0.497 e. The van der Waals surface area contributed by atoms with Gasteiger partial charge in [0, 0.05) is 19.2 Å². The zero-order valence-electron chi connectivity index (χ0n) is 23.8. The van der Waals surface area contributed by atoms with Crippen LogP contribution < -0.4 is 20.7 Å². The summed E-state index contributed by atoms with van der Waals surface area (Å²) < 4.78 is 29.8. The molecule has 5 rings (SSSR count). The zero-order valence-corrected chi connectivity index (χ0v) is 23.8. The molecule has 0 amide bonds. The Labute approximate surface area is 247 Å². The average Bonchev–Trinajstić information content (AvgIpc) is 3.32. The van der Waals surface area contributed by atoms with Gasteiger partial charge in [-0.05, 0) is 41.0 Å². The number of aromatic nitrogens is 2. The van der Waals surface area contributed by atoms with E-state index in [0.29, 0.717) is 11.5 Å². The van der Waals surface area contributed by atoms with Gasteiger partial charge < -0.3 is 33.8 Å². The summed E-state index contributed by atoms with van der Waals surface area (Å²) in [4.78, 5) is 39.6. The average molecular weight is 589 g/mol. The van der Waals surface area contributed by atoms with Gasteiger partial charge in [0.05, 0.1) is 20.8 Å². The number of methoxy groups -OCH3 is 2. The van der Waals surface area contributed by atoms with E-state index in [1.807, 2.05) is 78.9 Å². The minimum atomic E-state index is -1.43. The number of nitrogens with zero attached hydrogens (tertiary/aromatic N) is 1. The molecule has 43 heavy (non-hydrogen) atoms. The zero-order chi connectivity index (χ0) is 30.6. The molecular formula is C32H32N2O9. The summed E-state index contributed by atoms with van der Waals surface area (Å²) in [5.41, 5.74) is -0.407. The monoisotopic (exact) mass is 588 g/mol. The van der Waals surface area contributed by atoms with E-state index in [1.54, 1.807) is 14.2 Å². The van der Waals surface area contributed by atoms with Crippen molar-refractivity contribution in [3.63, 3.8) is 0 Å². The third kappa shape index (κ3) is 5.82. The van der Waals surface area contributed by atoms with E-state index in [2.05, 4.69) is 4.98 Å². The fourth-order valence-electron chi connectivity index (χ4n) is 5.34. The Bertz CT molecular complexity index is 1570. The van der Waals surface area contributed by atoms with E-state index >= 15 is 0 Å². The molecule has 0 bridgehead atoms. The Morgan fingerprint density at radius 2 is 1.44 bits per heavy atom. The van der Waals surface area contributed by atoms with E-state index in [1.165, 1.54) is 13.1 Å². The lowest BCUT2D eigenvalue weighted by atomic mass is 9.80. The van der Waals surface area contributed by atoms with Gasteiger partial charge in [-0.2, -0.15) is 0 Å². The van der Waals surface area contributed by atoms with Gasteiger partial charge in [0.25, 0.3) is 5.56 Å². The number of hydrogen-bond donors (Lipinski definition) is 2. The summed E-state index contributed by atoms with van der Waals surface area (Å²) in [6, 6.07) is 25.5. The molecule has 0 aliphatic carbocycles. The molecule has 1 fully saturated rings. The van der Waals surface area contributed by atoms with Crippen LogP contribution in [0.5, 0.6) is 11.5 Å². The summed E-state index contributed by atoms with van der Waals surface area (Å²) in [6.45, 7) is 0.946. The van der Waals surface area contributed by atoms with Crippen LogP contribution in [0.3, 0.4) is 0 Å². The molecule has 11 heteroatoms. The number of nitrogens with one attached hydrogen (secondary N) is 1. The van der Waals surface area contributed by atoms with Crippen molar-refractivity contribution in [3.8, 4) is 11.5 Å². The number of carbonyl (C=O) groups excluding carboxylic acids is 1. The van der Waals surface area contributed by atoms with Crippen LogP contribution in [0.1, 0.15) is 29.8 Å².